The van der Waals surface area contributed by atoms with Crippen molar-refractivity contribution in [3.05, 3.63) is 63.3 Å². The Morgan fingerprint density at radius 1 is 1.18 bits per heavy atom. The van der Waals surface area contributed by atoms with Crippen molar-refractivity contribution >= 4 is 46.6 Å². The van der Waals surface area contributed by atoms with E-state index in [0.717, 1.165) is 29.8 Å². The molecule has 8 heteroatoms. The lowest BCUT2D eigenvalue weighted by molar-refractivity contribution is 0.0996. The first-order valence-electron chi connectivity index (χ1n) is 9.02. The monoisotopic (exact) mass is 411 g/mol. The van der Waals surface area contributed by atoms with Gasteiger partial charge in [-0.1, -0.05) is 29.8 Å². The molecule has 0 fully saturated rings. The Labute approximate surface area is 172 Å². The number of aromatic nitrogens is 2. The SMILES string of the molecule is Cc1ccc(Nc2nc(C3CC=C(C4=CCCS4)S3)nc(C(N)=O)c2N)cc1. The molecule has 144 valence electrons. The molecule has 1 aromatic carbocycles. The topological polar surface area (TPSA) is 107 Å². The number of hydrogen-bond donors (Lipinski definition) is 3. The van der Waals surface area contributed by atoms with Crippen LogP contribution in [0.15, 0.2) is 46.2 Å². The first kappa shape index (κ1) is 18.9. The Balaban J connectivity index is 1.63. The molecule has 28 heavy (non-hydrogen) atoms. The molecule has 0 saturated heterocycles. The molecule has 6 nitrogen and oxygen atoms in total. The number of carbonyl (C=O) groups is 1. The van der Waals surface area contributed by atoms with E-state index < -0.39 is 5.91 Å². The Bertz CT molecular complexity index is 985. The molecule has 1 amide bonds. The van der Waals surface area contributed by atoms with Crippen molar-refractivity contribution in [1.29, 1.82) is 0 Å². The average molecular weight is 412 g/mol. The summed E-state index contributed by atoms with van der Waals surface area (Å²) in [5.41, 5.74) is 13.9. The number of benzene rings is 1. The van der Waals surface area contributed by atoms with Crippen LogP contribution in [-0.4, -0.2) is 21.6 Å². The van der Waals surface area contributed by atoms with Gasteiger partial charge in [0.25, 0.3) is 5.91 Å². The fraction of sp³-hybridized carbons (Fsp3) is 0.250. The Hall–Kier alpha value is -2.45. The zero-order chi connectivity index (χ0) is 19.7. The molecule has 2 aliphatic rings. The molecule has 1 atom stereocenters. The number of aryl methyl sites for hydroxylation is 1. The second-order valence-electron chi connectivity index (χ2n) is 6.66. The second kappa shape index (κ2) is 7.89. The van der Waals surface area contributed by atoms with Gasteiger partial charge in [0, 0.05) is 21.3 Å². The maximum Gasteiger partial charge on any atom is 0.269 e. The average Bonchev–Trinajstić information content (AvgIpc) is 3.36. The molecular formula is C20H21N5OS2. The summed E-state index contributed by atoms with van der Waals surface area (Å²) >= 11 is 3.61. The van der Waals surface area contributed by atoms with Crippen molar-refractivity contribution < 1.29 is 4.79 Å². The van der Waals surface area contributed by atoms with Gasteiger partial charge >= 0.3 is 0 Å². The van der Waals surface area contributed by atoms with Crippen molar-refractivity contribution in [2.24, 2.45) is 5.73 Å². The van der Waals surface area contributed by atoms with Crippen LogP contribution in [0.2, 0.25) is 0 Å². The normalized spacial score (nSPS) is 18.7. The van der Waals surface area contributed by atoms with Crippen LogP contribution in [0.1, 0.15) is 40.0 Å². The lowest BCUT2D eigenvalue weighted by atomic mass is 10.2. The first-order chi connectivity index (χ1) is 13.5. The van der Waals surface area contributed by atoms with E-state index in [1.54, 1.807) is 11.8 Å². The molecule has 2 aliphatic heterocycles. The minimum Gasteiger partial charge on any atom is -0.394 e. The van der Waals surface area contributed by atoms with Gasteiger partial charge in [0.2, 0.25) is 0 Å². The van der Waals surface area contributed by atoms with E-state index in [1.807, 2.05) is 43.0 Å². The quantitative estimate of drug-likeness (QED) is 0.673. The van der Waals surface area contributed by atoms with Crippen molar-refractivity contribution in [2.45, 2.75) is 25.0 Å². The second-order valence-corrected chi connectivity index (χ2v) is 9.05. The molecule has 0 radical (unpaired) electrons. The van der Waals surface area contributed by atoms with Crippen molar-refractivity contribution in [3.63, 3.8) is 0 Å². The zero-order valence-electron chi connectivity index (χ0n) is 15.4. The van der Waals surface area contributed by atoms with Crippen LogP contribution >= 0.6 is 23.5 Å². The number of nitrogen functional groups attached to an aromatic ring is 1. The van der Waals surface area contributed by atoms with E-state index in [-0.39, 0.29) is 16.6 Å². The number of primary amides is 1. The van der Waals surface area contributed by atoms with E-state index in [2.05, 4.69) is 27.4 Å². The Morgan fingerprint density at radius 2 is 1.96 bits per heavy atom. The van der Waals surface area contributed by atoms with Gasteiger partial charge in [-0.25, -0.2) is 9.97 Å². The van der Waals surface area contributed by atoms with Crippen molar-refractivity contribution in [2.75, 3.05) is 16.8 Å². The predicted molar refractivity (Wildman–Crippen MR) is 118 cm³/mol. The summed E-state index contributed by atoms with van der Waals surface area (Å²) in [6.07, 6.45) is 6.41. The van der Waals surface area contributed by atoms with Gasteiger partial charge in [0.15, 0.2) is 11.5 Å². The molecule has 0 saturated carbocycles. The summed E-state index contributed by atoms with van der Waals surface area (Å²) in [6.45, 7) is 2.02. The molecule has 4 rings (SSSR count). The van der Waals surface area contributed by atoms with E-state index in [9.17, 15) is 4.79 Å². The first-order valence-corrected chi connectivity index (χ1v) is 10.9. The van der Waals surface area contributed by atoms with Crippen molar-refractivity contribution in [3.8, 4) is 0 Å². The largest absolute Gasteiger partial charge is 0.394 e. The van der Waals surface area contributed by atoms with Crippen molar-refractivity contribution in [1.82, 2.24) is 9.97 Å². The minimum atomic E-state index is -0.654. The molecular weight excluding hydrogens is 390 g/mol. The number of nitrogens with one attached hydrogen (secondary N) is 1. The highest BCUT2D eigenvalue weighted by molar-refractivity contribution is 8.08. The van der Waals surface area contributed by atoms with Gasteiger partial charge in [-0.05, 0) is 31.9 Å². The van der Waals surface area contributed by atoms with E-state index in [1.165, 1.54) is 9.81 Å². The van der Waals surface area contributed by atoms with E-state index >= 15 is 0 Å². The molecule has 0 aliphatic carbocycles. The van der Waals surface area contributed by atoms with Gasteiger partial charge in [-0.15, -0.1) is 23.5 Å². The van der Waals surface area contributed by atoms with Gasteiger partial charge in [-0.2, -0.15) is 0 Å². The summed E-state index contributed by atoms with van der Waals surface area (Å²) in [4.78, 5) is 23.5. The van der Waals surface area contributed by atoms with Gasteiger partial charge in [0.1, 0.15) is 11.5 Å². The highest BCUT2D eigenvalue weighted by Crippen LogP contribution is 2.49. The Kier molecular flexibility index (Phi) is 5.32. The summed E-state index contributed by atoms with van der Waals surface area (Å²) in [6, 6.07) is 7.86. The Morgan fingerprint density at radius 3 is 2.64 bits per heavy atom. The van der Waals surface area contributed by atoms with Crippen LogP contribution in [0.25, 0.3) is 0 Å². The van der Waals surface area contributed by atoms with E-state index in [0.29, 0.717) is 11.6 Å². The molecule has 2 aromatic rings. The fourth-order valence-corrected chi connectivity index (χ4v) is 5.40. The molecule has 3 heterocycles. The third-order valence-electron chi connectivity index (χ3n) is 4.53. The number of nitrogens with zero attached hydrogens (tertiary/aromatic N) is 2. The smallest absolute Gasteiger partial charge is 0.269 e. The zero-order valence-corrected chi connectivity index (χ0v) is 17.1. The number of thioether (sulfide) groups is 2. The number of anilines is 3. The van der Waals surface area contributed by atoms with Gasteiger partial charge in [-0.3, -0.25) is 4.79 Å². The van der Waals surface area contributed by atoms with Gasteiger partial charge < -0.3 is 16.8 Å². The summed E-state index contributed by atoms with van der Waals surface area (Å²) in [5.74, 6) is 1.45. The lowest BCUT2D eigenvalue weighted by Crippen LogP contribution is -2.19. The lowest BCUT2D eigenvalue weighted by Gasteiger charge is -2.15. The van der Waals surface area contributed by atoms with Crippen LogP contribution in [-0.2, 0) is 0 Å². The molecule has 1 aromatic heterocycles. The standard InChI is InChI=1S/C20H21N5OS2/c1-11-4-6-12(7-5-11)23-20-16(21)17(18(22)26)24-19(25-20)15-9-8-14(28-15)13-3-2-10-27-13/h3-8,15H,2,9-10,21H2,1H3,(H2,22,26)(H,23,24,25). The molecule has 0 spiro atoms. The predicted octanol–water partition coefficient (Wildman–Crippen LogP) is 4.29. The maximum absolute atomic E-state index is 11.9. The van der Waals surface area contributed by atoms with Gasteiger partial charge in [0.05, 0.1) is 5.25 Å². The number of nitrogens with two attached hydrogens (primary N) is 2. The number of amides is 1. The third-order valence-corrected chi connectivity index (χ3v) is 7.13. The van der Waals surface area contributed by atoms with E-state index in [4.69, 9.17) is 11.5 Å². The van der Waals surface area contributed by atoms with Crippen LogP contribution in [0, 0.1) is 6.92 Å². The molecule has 1 unspecified atom stereocenters. The number of rotatable bonds is 5. The fourth-order valence-electron chi connectivity index (χ4n) is 3.06. The van der Waals surface area contributed by atoms with Crippen LogP contribution in [0.3, 0.4) is 0 Å². The highest BCUT2D eigenvalue weighted by atomic mass is 32.2. The summed E-state index contributed by atoms with van der Waals surface area (Å²) in [7, 11) is 0. The molecule has 5 N–H and O–H groups in total. The van der Waals surface area contributed by atoms with Crippen LogP contribution < -0.4 is 16.8 Å². The highest BCUT2D eigenvalue weighted by Gasteiger charge is 2.28. The third kappa shape index (κ3) is 3.88. The van der Waals surface area contributed by atoms with Crippen LogP contribution in [0.5, 0.6) is 0 Å². The number of hydrogen-bond acceptors (Lipinski definition) is 7. The number of allylic oxidation sites excluding steroid dienone is 2. The molecule has 0 bridgehead atoms. The van der Waals surface area contributed by atoms with Crippen LogP contribution in [0.4, 0.5) is 17.2 Å². The maximum atomic E-state index is 11.9. The minimum absolute atomic E-state index is 0.0365. The summed E-state index contributed by atoms with van der Waals surface area (Å²) in [5, 5.41) is 3.24. The number of carbonyl (C=O) groups excluding carboxylic acids is 1. The summed E-state index contributed by atoms with van der Waals surface area (Å²) < 4.78 is 0.